The predicted octanol–water partition coefficient (Wildman–Crippen LogP) is 4.98. The van der Waals surface area contributed by atoms with Crippen molar-refractivity contribution in [2.24, 2.45) is 23.7 Å². The Morgan fingerprint density at radius 3 is 2.76 bits per heavy atom. The molecule has 0 fully saturated rings. The highest BCUT2D eigenvalue weighted by Gasteiger charge is 2.32. The van der Waals surface area contributed by atoms with Crippen molar-refractivity contribution in [1.29, 1.82) is 0 Å². The third kappa shape index (κ3) is 5.20. The normalized spacial score (nSPS) is 22.0. The molecule has 3 N–H and O–H groups in total. The first-order valence-corrected chi connectivity index (χ1v) is 11.0. The Kier molecular flexibility index (Phi) is 6.99. The van der Waals surface area contributed by atoms with E-state index in [0.29, 0.717) is 30.2 Å². The summed E-state index contributed by atoms with van der Waals surface area (Å²) in [6.45, 7) is 12.4. The first-order chi connectivity index (χ1) is 13.9. The van der Waals surface area contributed by atoms with Gasteiger partial charge in [0.2, 0.25) is 0 Å². The number of imidazole rings is 1. The smallest absolute Gasteiger partial charge is 0.314 e. The van der Waals surface area contributed by atoms with Crippen molar-refractivity contribution in [3.63, 3.8) is 0 Å². The first kappa shape index (κ1) is 21.4. The average molecular weight is 397 g/mol. The maximum atomic E-state index is 12.0. The third-order valence-electron chi connectivity index (χ3n) is 6.32. The van der Waals surface area contributed by atoms with Crippen LogP contribution in [0.15, 0.2) is 29.8 Å². The Balaban J connectivity index is 1.70. The lowest BCUT2D eigenvalue weighted by molar-refractivity contribution is 0.213. The highest BCUT2D eigenvalue weighted by atomic mass is 16.2. The number of aryl methyl sites for hydroxylation is 1. The SMILES string of the molecule is CCCNC(=O)NCC1C=C(C)C(Cc2nc3c(C)cccc3[nH]2)CC1C(C)C. The number of carbonyl (C=O) groups excluding carboxylic acids is 1. The lowest BCUT2D eigenvalue weighted by Gasteiger charge is -2.37. The van der Waals surface area contributed by atoms with Gasteiger partial charge in [0.25, 0.3) is 0 Å². The summed E-state index contributed by atoms with van der Waals surface area (Å²) >= 11 is 0. The molecule has 1 aromatic carbocycles. The van der Waals surface area contributed by atoms with Crippen LogP contribution in [-0.4, -0.2) is 29.1 Å². The van der Waals surface area contributed by atoms with Gasteiger partial charge in [-0.1, -0.05) is 44.6 Å². The summed E-state index contributed by atoms with van der Waals surface area (Å²) in [6, 6.07) is 6.24. The van der Waals surface area contributed by atoms with Gasteiger partial charge in [0.05, 0.1) is 11.0 Å². The highest BCUT2D eigenvalue weighted by molar-refractivity contribution is 5.78. The zero-order valence-electron chi connectivity index (χ0n) is 18.5. The van der Waals surface area contributed by atoms with Crippen LogP contribution >= 0.6 is 0 Å². The second-order valence-electron chi connectivity index (χ2n) is 8.91. The number of nitrogens with zero attached hydrogens (tertiary/aromatic N) is 1. The molecule has 29 heavy (non-hydrogen) atoms. The Morgan fingerprint density at radius 1 is 1.28 bits per heavy atom. The zero-order valence-corrected chi connectivity index (χ0v) is 18.5. The van der Waals surface area contributed by atoms with Gasteiger partial charge < -0.3 is 15.6 Å². The van der Waals surface area contributed by atoms with Gasteiger partial charge >= 0.3 is 6.03 Å². The predicted molar refractivity (Wildman–Crippen MR) is 120 cm³/mol. The fourth-order valence-electron chi connectivity index (χ4n) is 4.58. The van der Waals surface area contributed by atoms with E-state index in [1.54, 1.807) is 0 Å². The van der Waals surface area contributed by atoms with Crippen LogP contribution in [0.1, 0.15) is 51.9 Å². The van der Waals surface area contributed by atoms with Crippen molar-refractivity contribution in [1.82, 2.24) is 20.6 Å². The molecule has 1 aliphatic rings. The van der Waals surface area contributed by atoms with Crippen LogP contribution in [0, 0.1) is 30.6 Å². The van der Waals surface area contributed by atoms with Gasteiger partial charge in [0.15, 0.2) is 0 Å². The molecule has 0 saturated carbocycles. The van der Waals surface area contributed by atoms with Crippen molar-refractivity contribution in [3.8, 4) is 0 Å². The summed E-state index contributed by atoms with van der Waals surface area (Å²) in [4.78, 5) is 20.4. The number of carbonyl (C=O) groups is 1. The van der Waals surface area contributed by atoms with Gasteiger partial charge in [-0.2, -0.15) is 0 Å². The molecule has 3 unspecified atom stereocenters. The second kappa shape index (κ2) is 9.47. The van der Waals surface area contributed by atoms with Crippen LogP contribution in [-0.2, 0) is 6.42 Å². The number of aromatic nitrogens is 2. The summed E-state index contributed by atoms with van der Waals surface area (Å²) < 4.78 is 0. The molecule has 0 radical (unpaired) electrons. The minimum Gasteiger partial charge on any atom is -0.342 e. The number of rotatable bonds is 7. The lowest BCUT2D eigenvalue weighted by atomic mass is 9.70. The number of hydrogen-bond acceptors (Lipinski definition) is 2. The molecule has 1 heterocycles. The Labute approximate surface area is 174 Å². The van der Waals surface area contributed by atoms with E-state index in [2.05, 4.69) is 74.5 Å². The van der Waals surface area contributed by atoms with Gasteiger partial charge in [-0.05, 0) is 62.0 Å². The number of H-pyrrole nitrogens is 1. The highest BCUT2D eigenvalue weighted by Crippen LogP contribution is 2.38. The number of aromatic amines is 1. The molecule has 5 nitrogen and oxygen atoms in total. The molecular formula is C24H36N4O. The minimum atomic E-state index is -0.0554. The van der Waals surface area contributed by atoms with E-state index in [1.165, 1.54) is 11.1 Å². The van der Waals surface area contributed by atoms with E-state index in [-0.39, 0.29) is 6.03 Å². The molecule has 1 aliphatic carbocycles. The number of fused-ring (bicyclic) bond motifs is 1. The fourth-order valence-corrected chi connectivity index (χ4v) is 4.58. The summed E-state index contributed by atoms with van der Waals surface area (Å²) in [7, 11) is 0. The molecule has 0 saturated heterocycles. The van der Waals surface area contributed by atoms with Crippen LogP contribution < -0.4 is 10.6 Å². The molecule has 1 aromatic heterocycles. The Morgan fingerprint density at radius 2 is 2.07 bits per heavy atom. The number of allylic oxidation sites excluding steroid dienone is 1. The molecule has 0 aliphatic heterocycles. The molecule has 158 valence electrons. The summed E-state index contributed by atoms with van der Waals surface area (Å²) in [5, 5.41) is 5.97. The molecule has 3 atom stereocenters. The number of amides is 2. The number of benzene rings is 1. The second-order valence-corrected chi connectivity index (χ2v) is 8.91. The van der Waals surface area contributed by atoms with Gasteiger partial charge in [-0.15, -0.1) is 0 Å². The van der Waals surface area contributed by atoms with Crippen molar-refractivity contribution < 1.29 is 4.79 Å². The van der Waals surface area contributed by atoms with Crippen molar-refractivity contribution >= 4 is 17.1 Å². The van der Waals surface area contributed by atoms with Crippen LogP contribution in [0.3, 0.4) is 0 Å². The van der Waals surface area contributed by atoms with Gasteiger partial charge in [0.1, 0.15) is 5.82 Å². The first-order valence-electron chi connectivity index (χ1n) is 11.0. The summed E-state index contributed by atoms with van der Waals surface area (Å²) in [5.41, 5.74) is 4.84. The van der Waals surface area contributed by atoms with Crippen molar-refractivity contribution in [2.45, 2.75) is 53.9 Å². The lowest BCUT2D eigenvalue weighted by Crippen LogP contribution is -2.41. The Bertz CT molecular complexity index is 867. The fraction of sp³-hybridized carbons (Fsp3) is 0.583. The van der Waals surface area contributed by atoms with E-state index in [0.717, 1.165) is 42.7 Å². The zero-order chi connectivity index (χ0) is 21.0. The van der Waals surface area contributed by atoms with Crippen molar-refractivity contribution in [2.75, 3.05) is 13.1 Å². The average Bonchev–Trinajstić information content (AvgIpc) is 3.10. The molecule has 0 bridgehead atoms. The maximum Gasteiger partial charge on any atom is 0.314 e. The standard InChI is InChI=1S/C24H36N4O/c1-6-10-25-24(29)26-14-19-11-17(5)18(12-20(19)15(2)3)13-22-27-21-9-7-8-16(4)23(21)28-22/h7-9,11,15,18-20H,6,10,12-14H2,1-5H3,(H,27,28)(H2,25,26,29). The van der Waals surface area contributed by atoms with Crippen LogP contribution in [0.2, 0.25) is 0 Å². The molecule has 2 amide bonds. The molecular weight excluding hydrogens is 360 g/mol. The number of para-hydroxylation sites is 1. The molecule has 0 spiro atoms. The molecule has 5 heteroatoms. The number of nitrogens with one attached hydrogen (secondary N) is 3. The Hall–Kier alpha value is -2.30. The van der Waals surface area contributed by atoms with E-state index >= 15 is 0 Å². The van der Waals surface area contributed by atoms with Crippen LogP contribution in [0.4, 0.5) is 4.79 Å². The maximum absolute atomic E-state index is 12.0. The van der Waals surface area contributed by atoms with E-state index in [4.69, 9.17) is 4.98 Å². The quantitative estimate of drug-likeness (QED) is 0.578. The number of urea groups is 1. The van der Waals surface area contributed by atoms with Gasteiger partial charge in [0, 0.05) is 19.5 Å². The number of hydrogen-bond donors (Lipinski definition) is 3. The third-order valence-corrected chi connectivity index (χ3v) is 6.32. The monoisotopic (exact) mass is 396 g/mol. The largest absolute Gasteiger partial charge is 0.342 e. The summed E-state index contributed by atoms with van der Waals surface area (Å²) in [6.07, 6.45) is 5.43. The molecule has 2 aromatic rings. The van der Waals surface area contributed by atoms with E-state index < -0.39 is 0 Å². The topological polar surface area (TPSA) is 69.8 Å². The van der Waals surface area contributed by atoms with Crippen molar-refractivity contribution in [3.05, 3.63) is 41.2 Å². The summed E-state index contributed by atoms with van der Waals surface area (Å²) in [5.74, 6) is 3.08. The molecule has 3 rings (SSSR count). The van der Waals surface area contributed by atoms with Gasteiger partial charge in [-0.3, -0.25) is 0 Å². The van der Waals surface area contributed by atoms with Gasteiger partial charge in [-0.25, -0.2) is 9.78 Å². The van der Waals surface area contributed by atoms with E-state index in [9.17, 15) is 4.79 Å². The van der Waals surface area contributed by atoms with Crippen LogP contribution in [0.5, 0.6) is 0 Å². The minimum absolute atomic E-state index is 0.0554. The van der Waals surface area contributed by atoms with E-state index in [1.807, 2.05) is 0 Å². The van der Waals surface area contributed by atoms with Crippen LogP contribution in [0.25, 0.3) is 11.0 Å².